The van der Waals surface area contributed by atoms with Crippen molar-refractivity contribution >= 4 is 23.4 Å². The van der Waals surface area contributed by atoms with Crippen LogP contribution in [0.4, 0.5) is 5.69 Å². The predicted molar refractivity (Wildman–Crippen MR) is 100 cm³/mol. The third kappa shape index (κ3) is 4.44. The molecule has 2 aromatic carbocycles. The van der Waals surface area contributed by atoms with Crippen LogP contribution in [0.15, 0.2) is 48.5 Å². The number of hydrazine groups is 1. The Bertz CT molecular complexity index is 849. The summed E-state index contributed by atoms with van der Waals surface area (Å²) < 4.78 is 5.54. The fourth-order valence-electron chi connectivity index (χ4n) is 2.77. The van der Waals surface area contributed by atoms with Crippen molar-refractivity contribution < 1.29 is 19.1 Å². The molecule has 0 spiro atoms. The fourth-order valence-corrected chi connectivity index (χ4v) is 2.77. The van der Waals surface area contributed by atoms with Gasteiger partial charge in [0, 0.05) is 5.56 Å². The minimum Gasteiger partial charge on any atom is -0.491 e. The topological polar surface area (TPSA) is 87.7 Å². The number of benzene rings is 2. The number of para-hydroxylation sites is 2. The van der Waals surface area contributed by atoms with Crippen molar-refractivity contribution in [2.24, 2.45) is 0 Å². The van der Waals surface area contributed by atoms with Crippen molar-refractivity contribution in [2.75, 3.05) is 18.1 Å². The number of ether oxygens (including phenoxy) is 1. The number of hydrogen-bond acceptors (Lipinski definition) is 4. The summed E-state index contributed by atoms with van der Waals surface area (Å²) in [5.74, 6) is -0.580. The Hall–Kier alpha value is -3.35. The monoisotopic (exact) mass is 367 g/mol. The van der Waals surface area contributed by atoms with Gasteiger partial charge in [0.05, 0.1) is 18.7 Å². The normalized spacial score (nSPS) is 13.2. The smallest absolute Gasteiger partial charge is 0.269 e. The molecule has 2 aromatic rings. The quantitative estimate of drug-likeness (QED) is 0.807. The maximum Gasteiger partial charge on any atom is 0.269 e. The fraction of sp³-hybridized carbons (Fsp3) is 0.250. The highest BCUT2D eigenvalue weighted by molar-refractivity contribution is 6.01. The van der Waals surface area contributed by atoms with Crippen LogP contribution in [0.3, 0.4) is 0 Å². The number of amides is 3. The second-order valence-corrected chi connectivity index (χ2v) is 6.10. The number of fused-ring (bicyclic) bond motifs is 1. The summed E-state index contributed by atoms with van der Waals surface area (Å²) in [5, 5.41) is 0. The molecule has 0 aliphatic carbocycles. The third-order valence-electron chi connectivity index (χ3n) is 4.27. The second kappa shape index (κ2) is 8.35. The Morgan fingerprint density at radius 1 is 1.07 bits per heavy atom. The number of carbonyl (C=O) groups excluding carboxylic acids is 3. The summed E-state index contributed by atoms with van der Waals surface area (Å²) in [7, 11) is 0. The molecule has 7 nitrogen and oxygen atoms in total. The first-order chi connectivity index (χ1) is 13.1. The number of hydrogen-bond donors (Lipinski definition) is 2. The van der Waals surface area contributed by atoms with E-state index in [-0.39, 0.29) is 25.5 Å². The zero-order chi connectivity index (χ0) is 19.2. The summed E-state index contributed by atoms with van der Waals surface area (Å²) in [4.78, 5) is 38.1. The summed E-state index contributed by atoms with van der Waals surface area (Å²) in [6.45, 7) is 2.08. The molecule has 2 N–H and O–H groups in total. The first-order valence-corrected chi connectivity index (χ1v) is 8.79. The minimum absolute atomic E-state index is 0.179. The van der Waals surface area contributed by atoms with Gasteiger partial charge in [-0.05, 0) is 36.2 Å². The van der Waals surface area contributed by atoms with Crippen molar-refractivity contribution in [1.29, 1.82) is 0 Å². The highest BCUT2D eigenvalue weighted by Gasteiger charge is 2.25. The van der Waals surface area contributed by atoms with E-state index in [1.165, 1.54) is 4.90 Å². The largest absolute Gasteiger partial charge is 0.491 e. The molecule has 0 saturated heterocycles. The van der Waals surface area contributed by atoms with Crippen LogP contribution in [0.1, 0.15) is 29.3 Å². The summed E-state index contributed by atoms with van der Waals surface area (Å²) in [5.41, 5.74) is 6.83. The molecule has 0 atom stereocenters. The van der Waals surface area contributed by atoms with Crippen LogP contribution < -0.4 is 20.5 Å². The van der Waals surface area contributed by atoms with Crippen LogP contribution in [-0.2, 0) is 16.0 Å². The van der Waals surface area contributed by atoms with Crippen molar-refractivity contribution in [2.45, 2.75) is 19.8 Å². The lowest BCUT2D eigenvalue weighted by atomic mass is 10.1. The van der Waals surface area contributed by atoms with Crippen LogP contribution in [0.5, 0.6) is 5.75 Å². The van der Waals surface area contributed by atoms with Crippen molar-refractivity contribution in [3.05, 3.63) is 59.7 Å². The van der Waals surface area contributed by atoms with Gasteiger partial charge >= 0.3 is 0 Å². The number of carbonyl (C=O) groups is 3. The minimum atomic E-state index is -0.501. The van der Waals surface area contributed by atoms with Crippen LogP contribution >= 0.6 is 0 Å². The van der Waals surface area contributed by atoms with E-state index in [0.29, 0.717) is 17.0 Å². The molecule has 27 heavy (non-hydrogen) atoms. The van der Waals surface area contributed by atoms with Gasteiger partial charge in [-0.2, -0.15) is 0 Å². The van der Waals surface area contributed by atoms with E-state index in [4.69, 9.17) is 4.74 Å². The van der Waals surface area contributed by atoms with Crippen molar-refractivity contribution in [1.82, 2.24) is 10.9 Å². The zero-order valence-electron chi connectivity index (χ0n) is 15.0. The second-order valence-electron chi connectivity index (χ2n) is 6.10. The van der Waals surface area contributed by atoms with E-state index >= 15 is 0 Å². The number of nitrogens with zero attached hydrogens (tertiary/aromatic N) is 1. The predicted octanol–water partition coefficient (Wildman–Crippen LogP) is 1.83. The number of nitrogens with one attached hydrogen (secondary N) is 2. The molecule has 0 saturated carbocycles. The van der Waals surface area contributed by atoms with Gasteiger partial charge in [-0.15, -0.1) is 0 Å². The average Bonchev–Trinajstić information content (AvgIpc) is 2.85. The molecule has 3 amide bonds. The Morgan fingerprint density at radius 3 is 2.56 bits per heavy atom. The van der Waals surface area contributed by atoms with E-state index in [1.54, 1.807) is 36.4 Å². The Labute approximate surface area is 157 Å². The molecule has 1 aliphatic heterocycles. The molecule has 0 bridgehead atoms. The van der Waals surface area contributed by atoms with Gasteiger partial charge in [0.1, 0.15) is 12.3 Å². The van der Waals surface area contributed by atoms with Gasteiger partial charge in [-0.25, -0.2) is 0 Å². The van der Waals surface area contributed by atoms with E-state index in [2.05, 4.69) is 10.9 Å². The molecular weight excluding hydrogens is 346 g/mol. The lowest BCUT2D eigenvalue weighted by molar-refractivity contribution is -0.124. The van der Waals surface area contributed by atoms with Crippen molar-refractivity contribution in [3.63, 3.8) is 0 Å². The standard InChI is InChI=1S/C20H21N3O4/c1-2-14-7-9-15(10-8-14)20(26)22-21-18(24)13-23-16-5-3-4-6-17(16)27-12-11-19(23)25/h3-10H,2,11-13H2,1H3,(H,21,24)(H,22,26). The van der Waals surface area contributed by atoms with Crippen molar-refractivity contribution in [3.8, 4) is 5.75 Å². The average molecular weight is 367 g/mol. The lowest BCUT2D eigenvalue weighted by Crippen LogP contribution is -2.47. The van der Waals surface area contributed by atoms with E-state index in [0.717, 1.165) is 12.0 Å². The van der Waals surface area contributed by atoms with E-state index in [9.17, 15) is 14.4 Å². The highest BCUT2D eigenvalue weighted by Crippen LogP contribution is 2.30. The van der Waals surface area contributed by atoms with E-state index in [1.807, 2.05) is 19.1 Å². The van der Waals surface area contributed by atoms with Crippen LogP contribution in [0, 0.1) is 0 Å². The highest BCUT2D eigenvalue weighted by atomic mass is 16.5. The van der Waals surface area contributed by atoms with Crippen LogP contribution in [-0.4, -0.2) is 30.9 Å². The molecular formula is C20H21N3O4. The Balaban J connectivity index is 1.61. The third-order valence-corrected chi connectivity index (χ3v) is 4.27. The molecule has 1 heterocycles. The molecule has 1 aliphatic rings. The van der Waals surface area contributed by atoms with Crippen LogP contribution in [0.25, 0.3) is 0 Å². The van der Waals surface area contributed by atoms with Gasteiger partial charge in [-0.1, -0.05) is 31.2 Å². The number of anilines is 1. The van der Waals surface area contributed by atoms with Gasteiger partial charge in [-0.3, -0.25) is 30.1 Å². The summed E-state index contributed by atoms with van der Waals surface area (Å²) >= 11 is 0. The molecule has 7 heteroatoms. The molecule has 0 aromatic heterocycles. The first-order valence-electron chi connectivity index (χ1n) is 8.79. The lowest BCUT2D eigenvalue weighted by Gasteiger charge is -2.21. The maximum absolute atomic E-state index is 12.3. The van der Waals surface area contributed by atoms with Gasteiger partial charge in [0.25, 0.3) is 11.8 Å². The zero-order valence-corrected chi connectivity index (χ0v) is 15.0. The molecule has 0 fully saturated rings. The SMILES string of the molecule is CCc1ccc(C(=O)NNC(=O)CN2C(=O)CCOc3ccccc32)cc1. The molecule has 140 valence electrons. The van der Waals surface area contributed by atoms with Gasteiger partial charge in [0.15, 0.2) is 0 Å². The first kappa shape index (κ1) is 18.4. The maximum atomic E-state index is 12.3. The molecule has 3 rings (SSSR count). The summed E-state index contributed by atoms with van der Waals surface area (Å²) in [6.07, 6.45) is 1.06. The summed E-state index contributed by atoms with van der Waals surface area (Å²) in [6, 6.07) is 14.2. The van der Waals surface area contributed by atoms with Gasteiger partial charge in [0.2, 0.25) is 5.91 Å². The van der Waals surface area contributed by atoms with Crippen LogP contribution in [0.2, 0.25) is 0 Å². The van der Waals surface area contributed by atoms with E-state index < -0.39 is 11.8 Å². The Kier molecular flexibility index (Phi) is 5.71. The molecule has 0 unspecified atom stereocenters. The van der Waals surface area contributed by atoms with Gasteiger partial charge < -0.3 is 4.74 Å². The number of rotatable bonds is 4. The Morgan fingerprint density at radius 2 is 1.81 bits per heavy atom. The number of aryl methyl sites for hydroxylation is 1. The molecule has 0 radical (unpaired) electrons.